The number of carbonyl (C=O) groups excluding carboxylic acids is 2. The molecule has 2 aromatic rings. The highest BCUT2D eigenvalue weighted by atomic mass is 32.2. The predicted octanol–water partition coefficient (Wildman–Crippen LogP) is 3.35. The first-order chi connectivity index (χ1) is 13.9. The fourth-order valence-electron chi connectivity index (χ4n) is 2.54. The molecule has 2 amide bonds. The summed E-state index contributed by atoms with van der Waals surface area (Å²) in [5, 5.41) is 14.5. The van der Waals surface area contributed by atoms with Gasteiger partial charge in [-0.25, -0.2) is 9.59 Å². The van der Waals surface area contributed by atoms with Crippen molar-refractivity contribution in [3.05, 3.63) is 65.2 Å². The molecule has 2 aromatic carbocycles. The topological polar surface area (TPSA) is 105 Å². The lowest BCUT2D eigenvalue weighted by Crippen LogP contribution is -2.43. The lowest BCUT2D eigenvalue weighted by Gasteiger charge is -2.15. The number of hydrogen-bond acceptors (Lipinski definition) is 5. The number of anilines is 1. The first kappa shape index (κ1) is 22.3. The summed E-state index contributed by atoms with van der Waals surface area (Å²) in [6.07, 6.45) is -0.818. The van der Waals surface area contributed by atoms with Gasteiger partial charge in [-0.3, -0.25) is 4.79 Å². The van der Waals surface area contributed by atoms with Gasteiger partial charge in [0.15, 0.2) is 0 Å². The number of aliphatic carboxylic acids is 1. The van der Waals surface area contributed by atoms with Gasteiger partial charge in [0.1, 0.15) is 12.6 Å². The van der Waals surface area contributed by atoms with E-state index in [1.54, 1.807) is 12.1 Å². The molecule has 0 bridgehead atoms. The van der Waals surface area contributed by atoms with Gasteiger partial charge in [0.2, 0.25) is 5.91 Å². The molecule has 1 unspecified atom stereocenters. The van der Waals surface area contributed by atoms with Gasteiger partial charge in [-0.05, 0) is 30.5 Å². The lowest BCUT2D eigenvalue weighted by atomic mass is 10.1. The van der Waals surface area contributed by atoms with Crippen LogP contribution in [-0.2, 0) is 20.9 Å². The molecule has 0 saturated heterocycles. The number of para-hydroxylation sites is 1. The third-order valence-corrected chi connectivity index (χ3v) is 5.10. The van der Waals surface area contributed by atoms with E-state index in [2.05, 4.69) is 10.6 Å². The first-order valence-electron chi connectivity index (χ1n) is 9.00. The molecular formula is C21H24N2O5S. The Morgan fingerprint density at radius 3 is 2.31 bits per heavy atom. The third-order valence-electron chi connectivity index (χ3n) is 4.07. The van der Waals surface area contributed by atoms with E-state index in [0.29, 0.717) is 0 Å². The molecule has 1 atom stereocenters. The van der Waals surface area contributed by atoms with Crippen molar-refractivity contribution in [1.29, 1.82) is 0 Å². The fourth-order valence-corrected chi connectivity index (χ4v) is 3.38. The molecule has 0 heterocycles. The Balaban J connectivity index is 1.77. The maximum absolute atomic E-state index is 12.2. The van der Waals surface area contributed by atoms with Crippen molar-refractivity contribution in [3.8, 4) is 0 Å². The summed E-state index contributed by atoms with van der Waals surface area (Å²) in [4.78, 5) is 35.4. The zero-order valence-electron chi connectivity index (χ0n) is 16.3. The number of nitrogens with one attached hydrogen (secondary N) is 2. The number of amides is 2. The number of thioether (sulfide) groups is 1. The van der Waals surface area contributed by atoms with Gasteiger partial charge in [-0.2, -0.15) is 0 Å². The second-order valence-corrected chi connectivity index (χ2v) is 7.46. The second-order valence-electron chi connectivity index (χ2n) is 6.43. The average Bonchev–Trinajstić information content (AvgIpc) is 2.69. The predicted molar refractivity (Wildman–Crippen MR) is 113 cm³/mol. The monoisotopic (exact) mass is 416 g/mol. The van der Waals surface area contributed by atoms with Crippen LogP contribution in [0.5, 0.6) is 0 Å². The molecule has 0 spiro atoms. The zero-order valence-corrected chi connectivity index (χ0v) is 17.1. The largest absolute Gasteiger partial charge is 0.480 e. The van der Waals surface area contributed by atoms with E-state index >= 15 is 0 Å². The minimum absolute atomic E-state index is 0.0376. The zero-order chi connectivity index (χ0) is 21.2. The molecule has 0 saturated carbocycles. The van der Waals surface area contributed by atoms with Crippen LogP contribution < -0.4 is 10.6 Å². The number of ether oxygens (including phenoxy) is 1. The smallest absolute Gasteiger partial charge is 0.408 e. The summed E-state index contributed by atoms with van der Waals surface area (Å²) in [5.41, 5.74) is 3.46. The van der Waals surface area contributed by atoms with Gasteiger partial charge in [0.25, 0.3) is 0 Å². The van der Waals surface area contributed by atoms with Crippen LogP contribution in [0.15, 0.2) is 48.5 Å². The summed E-state index contributed by atoms with van der Waals surface area (Å²) in [7, 11) is 0. The SMILES string of the molecule is Cc1cccc(C)c1NC(=O)CSCC(NC(=O)OCc1ccccc1)C(=O)O. The molecular weight excluding hydrogens is 392 g/mol. The Morgan fingerprint density at radius 1 is 1.03 bits per heavy atom. The van der Waals surface area contributed by atoms with Crippen LogP contribution in [0.2, 0.25) is 0 Å². The van der Waals surface area contributed by atoms with Gasteiger partial charge < -0.3 is 20.5 Å². The normalized spacial score (nSPS) is 11.4. The van der Waals surface area contributed by atoms with E-state index in [1.165, 1.54) is 0 Å². The molecule has 0 radical (unpaired) electrons. The molecule has 0 aliphatic rings. The fraction of sp³-hybridized carbons (Fsp3) is 0.286. The number of benzene rings is 2. The highest BCUT2D eigenvalue weighted by molar-refractivity contribution is 8.00. The number of alkyl carbamates (subject to hydrolysis) is 1. The Labute approximate surface area is 173 Å². The maximum atomic E-state index is 12.2. The maximum Gasteiger partial charge on any atom is 0.408 e. The van der Waals surface area contributed by atoms with Crippen molar-refractivity contribution in [3.63, 3.8) is 0 Å². The summed E-state index contributed by atoms with van der Waals surface area (Å²) >= 11 is 1.12. The van der Waals surface area contributed by atoms with Crippen LogP contribution in [0.25, 0.3) is 0 Å². The molecule has 0 aliphatic heterocycles. The van der Waals surface area contributed by atoms with Crippen molar-refractivity contribution in [1.82, 2.24) is 5.32 Å². The Hall–Kier alpha value is -3.00. The Bertz CT molecular complexity index is 837. The highest BCUT2D eigenvalue weighted by Crippen LogP contribution is 2.19. The van der Waals surface area contributed by atoms with Crippen LogP contribution in [0, 0.1) is 13.8 Å². The van der Waals surface area contributed by atoms with Gasteiger partial charge in [0.05, 0.1) is 5.75 Å². The van der Waals surface area contributed by atoms with Crippen molar-refractivity contribution in [2.45, 2.75) is 26.5 Å². The number of carboxylic acids is 1. The van der Waals surface area contributed by atoms with Crippen LogP contribution in [0.3, 0.4) is 0 Å². The standard InChI is InChI=1S/C21H24N2O5S/c1-14-7-6-8-15(2)19(14)23-18(24)13-29-12-17(20(25)26)22-21(27)28-11-16-9-4-3-5-10-16/h3-10,17H,11-13H2,1-2H3,(H,22,27)(H,23,24)(H,25,26). The van der Waals surface area contributed by atoms with E-state index in [-0.39, 0.29) is 24.0 Å². The summed E-state index contributed by atoms with van der Waals surface area (Å²) in [5.74, 6) is -1.32. The van der Waals surface area contributed by atoms with E-state index < -0.39 is 18.1 Å². The molecule has 8 heteroatoms. The molecule has 0 aliphatic carbocycles. The Morgan fingerprint density at radius 2 is 1.69 bits per heavy atom. The number of aryl methyl sites for hydroxylation is 2. The molecule has 154 valence electrons. The molecule has 2 rings (SSSR count). The third kappa shape index (κ3) is 7.50. The van der Waals surface area contributed by atoms with Crippen molar-refractivity contribution >= 4 is 35.4 Å². The van der Waals surface area contributed by atoms with Crippen LogP contribution >= 0.6 is 11.8 Å². The van der Waals surface area contributed by atoms with E-state index in [0.717, 1.165) is 34.1 Å². The minimum atomic E-state index is -1.19. The van der Waals surface area contributed by atoms with Crippen LogP contribution in [0.4, 0.5) is 10.5 Å². The van der Waals surface area contributed by atoms with Crippen molar-refractivity contribution in [2.24, 2.45) is 0 Å². The first-order valence-corrected chi connectivity index (χ1v) is 10.2. The molecule has 29 heavy (non-hydrogen) atoms. The summed E-state index contributed by atoms with van der Waals surface area (Å²) in [6.45, 7) is 3.85. The lowest BCUT2D eigenvalue weighted by molar-refractivity contribution is -0.138. The quantitative estimate of drug-likeness (QED) is 0.579. The van der Waals surface area contributed by atoms with E-state index in [1.807, 2.05) is 50.2 Å². The van der Waals surface area contributed by atoms with Crippen LogP contribution in [0.1, 0.15) is 16.7 Å². The van der Waals surface area contributed by atoms with Gasteiger partial charge in [0, 0.05) is 11.4 Å². The molecule has 0 aromatic heterocycles. The number of rotatable bonds is 9. The van der Waals surface area contributed by atoms with Crippen molar-refractivity contribution in [2.75, 3.05) is 16.8 Å². The van der Waals surface area contributed by atoms with E-state index in [9.17, 15) is 19.5 Å². The molecule has 7 nitrogen and oxygen atoms in total. The molecule has 3 N–H and O–H groups in total. The van der Waals surface area contributed by atoms with Crippen molar-refractivity contribution < 1.29 is 24.2 Å². The van der Waals surface area contributed by atoms with Crippen LogP contribution in [-0.4, -0.2) is 40.6 Å². The van der Waals surface area contributed by atoms with Gasteiger partial charge >= 0.3 is 12.1 Å². The number of carbonyl (C=O) groups is 3. The summed E-state index contributed by atoms with van der Waals surface area (Å²) < 4.78 is 5.04. The van der Waals surface area contributed by atoms with Gasteiger partial charge in [-0.1, -0.05) is 48.5 Å². The molecule has 0 fully saturated rings. The minimum Gasteiger partial charge on any atom is -0.480 e. The number of carboxylic acid groups (broad SMARTS) is 1. The number of hydrogen-bond donors (Lipinski definition) is 3. The highest BCUT2D eigenvalue weighted by Gasteiger charge is 2.21. The Kier molecular flexibility index (Phi) is 8.54. The van der Waals surface area contributed by atoms with Gasteiger partial charge in [-0.15, -0.1) is 11.8 Å². The average molecular weight is 416 g/mol. The second kappa shape index (κ2) is 11.1. The summed E-state index contributed by atoms with van der Waals surface area (Å²) in [6, 6.07) is 13.6. The van der Waals surface area contributed by atoms with E-state index in [4.69, 9.17) is 4.74 Å².